The Kier molecular flexibility index (Phi) is 5.29. The molecule has 0 aliphatic carbocycles. The number of aliphatic carboxylic acids is 1. The minimum absolute atomic E-state index is 0.0952. The molecule has 1 unspecified atom stereocenters. The van der Waals surface area contributed by atoms with Crippen LogP contribution in [0.2, 0.25) is 0 Å². The number of ether oxygens (including phenoxy) is 1. The fourth-order valence-corrected chi connectivity index (χ4v) is 2.08. The molecule has 0 aromatic heterocycles. The van der Waals surface area contributed by atoms with Gasteiger partial charge in [-0.25, -0.2) is 9.18 Å². The van der Waals surface area contributed by atoms with Crippen LogP contribution in [0.1, 0.15) is 15.9 Å². The minimum Gasteiger partial charge on any atom is -0.480 e. The third kappa shape index (κ3) is 4.97. The summed E-state index contributed by atoms with van der Waals surface area (Å²) in [4.78, 5) is 21.8. The maximum atomic E-state index is 13.7. The average Bonchev–Trinajstić information content (AvgIpc) is 2.24. The lowest BCUT2D eigenvalue weighted by Crippen LogP contribution is -2.32. The predicted molar refractivity (Wildman–Crippen MR) is 64.9 cm³/mol. The molecule has 116 valence electrons. The van der Waals surface area contributed by atoms with Gasteiger partial charge in [0.05, 0.1) is 0 Å². The van der Waals surface area contributed by atoms with Crippen molar-refractivity contribution in [3.8, 4) is 0 Å². The van der Waals surface area contributed by atoms with E-state index in [2.05, 4.69) is 20.7 Å². The van der Waals surface area contributed by atoms with Crippen LogP contribution in [0.4, 0.5) is 17.6 Å². The molecule has 0 radical (unpaired) electrons. The highest BCUT2D eigenvalue weighted by Gasteiger charge is 2.36. The molecule has 10 heteroatoms. The van der Waals surface area contributed by atoms with E-state index < -0.39 is 35.7 Å². The van der Waals surface area contributed by atoms with Crippen molar-refractivity contribution >= 4 is 27.9 Å². The van der Waals surface area contributed by atoms with Gasteiger partial charge in [0.1, 0.15) is 17.4 Å². The molecule has 5 nitrogen and oxygen atoms in total. The van der Waals surface area contributed by atoms with Crippen molar-refractivity contribution in [2.24, 2.45) is 5.73 Å². The Balaban J connectivity index is 3.05. The fourth-order valence-electron chi connectivity index (χ4n) is 1.44. The van der Waals surface area contributed by atoms with Crippen LogP contribution in [-0.4, -0.2) is 29.4 Å². The Labute approximate surface area is 123 Å². The lowest BCUT2D eigenvalue weighted by molar-refractivity contribution is -0.291. The maximum absolute atomic E-state index is 13.7. The number of carbonyl (C=O) groups excluding carboxylic acids is 1. The molecule has 21 heavy (non-hydrogen) atoms. The van der Waals surface area contributed by atoms with Crippen LogP contribution < -0.4 is 5.73 Å². The standard InChI is InChI=1S/C11H8BrF4NO4/c12-5-1-4(3-7(17)9(18)19)2-6(13)8(5)10(20)21-11(14,15)16/h1-2,7H,3,17H2,(H,18,19). The van der Waals surface area contributed by atoms with Crippen molar-refractivity contribution in [2.45, 2.75) is 18.8 Å². The van der Waals surface area contributed by atoms with Crippen molar-refractivity contribution in [3.05, 3.63) is 33.5 Å². The van der Waals surface area contributed by atoms with Crippen LogP contribution in [0.25, 0.3) is 0 Å². The number of carbonyl (C=O) groups is 2. The first-order valence-corrected chi connectivity index (χ1v) is 6.07. The zero-order chi connectivity index (χ0) is 16.4. The summed E-state index contributed by atoms with van der Waals surface area (Å²) in [6.07, 6.45) is -5.51. The van der Waals surface area contributed by atoms with Crippen LogP contribution >= 0.6 is 15.9 Å². The van der Waals surface area contributed by atoms with Crippen LogP contribution in [0.5, 0.6) is 0 Å². The average molecular weight is 374 g/mol. The number of rotatable bonds is 4. The van der Waals surface area contributed by atoms with Gasteiger partial charge in [-0.2, -0.15) is 0 Å². The van der Waals surface area contributed by atoms with Crippen LogP contribution in [0.3, 0.4) is 0 Å². The number of halogens is 5. The number of hydrogen-bond acceptors (Lipinski definition) is 4. The summed E-state index contributed by atoms with van der Waals surface area (Å²) in [6.45, 7) is 0. The highest BCUT2D eigenvalue weighted by molar-refractivity contribution is 9.10. The molecule has 0 heterocycles. The largest absolute Gasteiger partial charge is 0.575 e. The van der Waals surface area contributed by atoms with E-state index in [4.69, 9.17) is 10.8 Å². The molecule has 0 saturated carbocycles. The van der Waals surface area contributed by atoms with Gasteiger partial charge in [0, 0.05) is 4.47 Å². The van der Waals surface area contributed by atoms with Gasteiger partial charge in [0.25, 0.3) is 0 Å². The van der Waals surface area contributed by atoms with Crippen LogP contribution in [-0.2, 0) is 16.0 Å². The topological polar surface area (TPSA) is 89.6 Å². The number of hydrogen-bond donors (Lipinski definition) is 2. The first-order valence-electron chi connectivity index (χ1n) is 5.27. The van der Waals surface area contributed by atoms with E-state index in [1.165, 1.54) is 0 Å². The number of esters is 1. The van der Waals surface area contributed by atoms with Crippen molar-refractivity contribution < 1.29 is 37.0 Å². The van der Waals surface area contributed by atoms with E-state index in [-0.39, 0.29) is 16.5 Å². The zero-order valence-electron chi connectivity index (χ0n) is 10.1. The molecule has 0 aliphatic heterocycles. The normalized spacial score (nSPS) is 12.9. The van der Waals surface area contributed by atoms with Crippen LogP contribution in [0, 0.1) is 5.82 Å². The Morgan fingerprint density at radius 3 is 2.38 bits per heavy atom. The summed E-state index contributed by atoms with van der Waals surface area (Å²) < 4.78 is 52.3. The van der Waals surface area contributed by atoms with Gasteiger partial charge in [-0.05, 0) is 40.0 Å². The minimum atomic E-state index is -5.24. The van der Waals surface area contributed by atoms with Gasteiger partial charge in [0.15, 0.2) is 0 Å². The lowest BCUT2D eigenvalue weighted by atomic mass is 10.0. The van der Waals surface area contributed by atoms with Crippen molar-refractivity contribution in [3.63, 3.8) is 0 Å². The number of benzene rings is 1. The molecule has 0 saturated heterocycles. The zero-order valence-corrected chi connectivity index (χ0v) is 11.7. The van der Waals surface area contributed by atoms with E-state index >= 15 is 0 Å². The van der Waals surface area contributed by atoms with E-state index in [0.717, 1.165) is 12.1 Å². The quantitative estimate of drug-likeness (QED) is 0.623. The first kappa shape index (κ1) is 17.4. The smallest absolute Gasteiger partial charge is 0.480 e. The first-order chi connectivity index (χ1) is 9.51. The fraction of sp³-hybridized carbons (Fsp3) is 0.273. The Morgan fingerprint density at radius 1 is 1.38 bits per heavy atom. The molecule has 0 amide bonds. The Hall–Kier alpha value is -1.68. The summed E-state index contributed by atoms with van der Waals surface area (Å²) in [5, 5.41) is 8.62. The summed E-state index contributed by atoms with van der Waals surface area (Å²) in [6, 6.07) is 0.503. The molecule has 0 spiro atoms. The van der Waals surface area contributed by atoms with E-state index in [9.17, 15) is 27.2 Å². The molecule has 3 N–H and O–H groups in total. The van der Waals surface area contributed by atoms with E-state index in [0.29, 0.717) is 0 Å². The second-order valence-electron chi connectivity index (χ2n) is 3.92. The summed E-state index contributed by atoms with van der Waals surface area (Å²) >= 11 is 2.74. The van der Waals surface area contributed by atoms with Gasteiger partial charge in [-0.1, -0.05) is 0 Å². The maximum Gasteiger partial charge on any atom is 0.575 e. The second-order valence-corrected chi connectivity index (χ2v) is 4.77. The monoisotopic (exact) mass is 373 g/mol. The number of carboxylic acid groups (broad SMARTS) is 1. The van der Waals surface area contributed by atoms with Gasteiger partial charge >= 0.3 is 18.3 Å². The molecule has 0 bridgehead atoms. The van der Waals surface area contributed by atoms with E-state index in [1.807, 2.05) is 0 Å². The SMILES string of the molecule is NC(Cc1cc(F)c(C(=O)OC(F)(F)F)c(Br)c1)C(=O)O. The second kappa shape index (κ2) is 6.39. The Morgan fingerprint density at radius 2 is 1.95 bits per heavy atom. The molecule has 1 aromatic carbocycles. The third-order valence-corrected chi connectivity index (χ3v) is 2.91. The van der Waals surface area contributed by atoms with E-state index in [1.54, 1.807) is 0 Å². The summed E-state index contributed by atoms with van der Waals surface area (Å²) in [7, 11) is 0. The van der Waals surface area contributed by atoms with Crippen LogP contribution in [0.15, 0.2) is 16.6 Å². The van der Waals surface area contributed by atoms with Crippen molar-refractivity contribution in [1.29, 1.82) is 0 Å². The number of carboxylic acids is 1. The molecule has 0 fully saturated rings. The predicted octanol–water partition coefficient (Wildman–Crippen LogP) is 2.22. The number of nitrogens with two attached hydrogens (primary N) is 1. The molecule has 1 atom stereocenters. The molecule has 0 aliphatic rings. The summed E-state index contributed by atoms with van der Waals surface area (Å²) in [5.41, 5.74) is 4.40. The molecule has 1 aromatic rings. The van der Waals surface area contributed by atoms with Gasteiger partial charge in [-0.15, -0.1) is 13.2 Å². The molecular formula is C11H8BrF4NO4. The Bertz CT molecular complexity index is 553. The molecular weight excluding hydrogens is 366 g/mol. The van der Waals surface area contributed by atoms with Crippen molar-refractivity contribution in [2.75, 3.05) is 0 Å². The summed E-state index contributed by atoms with van der Waals surface area (Å²) in [5.74, 6) is -4.53. The third-order valence-electron chi connectivity index (χ3n) is 2.29. The van der Waals surface area contributed by atoms with Crippen molar-refractivity contribution in [1.82, 2.24) is 0 Å². The molecule has 1 rings (SSSR count). The van der Waals surface area contributed by atoms with Gasteiger partial charge in [0.2, 0.25) is 0 Å². The highest BCUT2D eigenvalue weighted by Crippen LogP contribution is 2.27. The highest BCUT2D eigenvalue weighted by atomic mass is 79.9. The number of alkyl halides is 3. The van der Waals surface area contributed by atoms with Gasteiger partial charge < -0.3 is 15.6 Å². The lowest BCUT2D eigenvalue weighted by Gasteiger charge is -2.12. The van der Waals surface area contributed by atoms with Gasteiger partial charge in [-0.3, -0.25) is 4.79 Å².